The molecule has 1 N–H and O–H groups in total. The molecule has 0 radical (unpaired) electrons. The quantitative estimate of drug-likeness (QED) is 0.853. The number of nitrogens with zero attached hydrogens (tertiary/aromatic N) is 3. The lowest BCUT2D eigenvalue weighted by Gasteiger charge is -2.05. The molecule has 6 nitrogen and oxygen atoms in total. The first-order valence-corrected chi connectivity index (χ1v) is 7.96. The van der Waals surface area contributed by atoms with Crippen LogP contribution in [0.1, 0.15) is 20.3 Å². The Morgan fingerprint density at radius 3 is 2.81 bits per heavy atom. The number of allylic oxidation sites excluding steroid dienone is 1. The number of hydrogen-bond acceptors (Lipinski definition) is 4. The average molecular weight is 329 g/mol. The molecule has 0 fully saturated rings. The first-order valence-electron chi connectivity index (χ1n) is 6.60. The van der Waals surface area contributed by atoms with Crippen LogP contribution in [0, 0.1) is 0 Å². The van der Waals surface area contributed by atoms with E-state index in [4.69, 9.17) is 11.6 Å². The Balaban J connectivity index is 2.60. The van der Waals surface area contributed by atoms with E-state index in [9.17, 15) is 9.59 Å². The first kappa shape index (κ1) is 15.9. The van der Waals surface area contributed by atoms with Gasteiger partial charge in [0.15, 0.2) is 16.3 Å². The fourth-order valence-corrected chi connectivity index (χ4v) is 3.13. The van der Waals surface area contributed by atoms with Gasteiger partial charge in [0.2, 0.25) is 0 Å². The third-order valence-corrected chi connectivity index (χ3v) is 4.05. The number of thioether (sulfide) groups is 1. The SMILES string of the molecule is CCCn1c(SCC=C(C)Cl)nc2c1c(=O)[nH]c(=O)n2C. The van der Waals surface area contributed by atoms with Gasteiger partial charge in [0.25, 0.3) is 5.56 Å². The number of aromatic amines is 1. The summed E-state index contributed by atoms with van der Waals surface area (Å²) in [6.07, 6.45) is 2.75. The number of H-pyrrole nitrogens is 1. The highest BCUT2D eigenvalue weighted by Crippen LogP contribution is 2.22. The minimum absolute atomic E-state index is 0.398. The molecule has 2 rings (SSSR count). The summed E-state index contributed by atoms with van der Waals surface area (Å²) in [5, 5.41) is 1.43. The maximum absolute atomic E-state index is 12.1. The molecule has 0 aliphatic carbocycles. The first-order chi connectivity index (χ1) is 9.95. The highest BCUT2D eigenvalue weighted by atomic mass is 35.5. The number of aromatic nitrogens is 4. The Hall–Kier alpha value is -1.47. The second-order valence-electron chi connectivity index (χ2n) is 4.64. The maximum atomic E-state index is 12.1. The second-order valence-corrected chi connectivity index (χ2v) is 6.22. The Kier molecular flexibility index (Phi) is 4.95. The molecule has 0 atom stereocenters. The third-order valence-electron chi connectivity index (χ3n) is 3.00. The molecular weight excluding hydrogens is 312 g/mol. The summed E-state index contributed by atoms with van der Waals surface area (Å²) in [4.78, 5) is 30.5. The number of nitrogens with one attached hydrogen (secondary N) is 1. The van der Waals surface area contributed by atoms with E-state index in [-0.39, 0.29) is 0 Å². The van der Waals surface area contributed by atoms with Crippen molar-refractivity contribution in [3.63, 3.8) is 0 Å². The fraction of sp³-hybridized carbons (Fsp3) is 0.462. The normalized spacial score (nSPS) is 12.3. The summed E-state index contributed by atoms with van der Waals surface area (Å²) < 4.78 is 3.21. The van der Waals surface area contributed by atoms with Crippen molar-refractivity contribution >= 4 is 34.5 Å². The Morgan fingerprint density at radius 1 is 1.48 bits per heavy atom. The molecule has 0 amide bonds. The molecule has 0 aromatic carbocycles. The predicted molar refractivity (Wildman–Crippen MR) is 86.2 cm³/mol. The Morgan fingerprint density at radius 2 is 2.19 bits per heavy atom. The molecule has 0 bridgehead atoms. The number of rotatable bonds is 5. The molecule has 21 heavy (non-hydrogen) atoms. The topological polar surface area (TPSA) is 72.7 Å². The summed E-state index contributed by atoms with van der Waals surface area (Å²) in [5.74, 6) is 0.661. The second kappa shape index (κ2) is 6.53. The molecule has 0 unspecified atom stereocenters. The van der Waals surface area contributed by atoms with Crippen LogP contribution in [0.5, 0.6) is 0 Å². The van der Waals surface area contributed by atoms with Gasteiger partial charge < -0.3 is 4.57 Å². The average Bonchev–Trinajstić information content (AvgIpc) is 2.76. The maximum Gasteiger partial charge on any atom is 0.329 e. The monoisotopic (exact) mass is 328 g/mol. The van der Waals surface area contributed by atoms with Crippen LogP contribution in [0.2, 0.25) is 0 Å². The molecule has 2 heterocycles. The lowest BCUT2D eigenvalue weighted by molar-refractivity contribution is 0.636. The van der Waals surface area contributed by atoms with Crippen molar-refractivity contribution < 1.29 is 0 Å². The van der Waals surface area contributed by atoms with E-state index in [2.05, 4.69) is 9.97 Å². The standard InChI is InChI=1S/C13H17ClN4O2S/c1-4-6-18-9-10(17(3)12(20)16-11(9)19)15-13(18)21-7-5-8(2)14/h5H,4,6-7H2,1-3H3,(H,16,19,20). The van der Waals surface area contributed by atoms with Gasteiger partial charge in [0.05, 0.1) is 0 Å². The molecule has 2 aromatic heterocycles. The van der Waals surface area contributed by atoms with Crippen LogP contribution in [-0.2, 0) is 13.6 Å². The zero-order valence-electron chi connectivity index (χ0n) is 12.1. The summed E-state index contributed by atoms with van der Waals surface area (Å²) in [6, 6.07) is 0. The molecule has 0 spiro atoms. The number of fused-ring (bicyclic) bond motifs is 1. The van der Waals surface area contributed by atoms with Crippen molar-refractivity contribution in [1.29, 1.82) is 0 Å². The van der Waals surface area contributed by atoms with Crippen LogP contribution in [0.15, 0.2) is 25.9 Å². The smallest absolute Gasteiger partial charge is 0.313 e. The molecule has 0 saturated heterocycles. The third kappa shape index (κ3) is 3.24. The van der Waals surface area contributed by atoms with Gasteiger partial charge in [-0.3, -0.25) is 14.3 Å². The van der Waals surface area contributed by atoms with Crippen molar-refractivity contribution in [2.75, 3.05) is 5.75 Å². The molecule has 2 aromatic rings. The van der Waals surface area contributed by atoms with Crippen molar-refractivity contribution in [3.8, 4) is 0 Å². The summed E-state index contributed by atoms with van der Waals surface area (Å²) in [7, 11) is 1.60. The van der Waals surface area contributed by atoms with Crippen LogP contribution in [0.3, 0.4) is 0 Å². The zero-order valence-corrected chi connectivity index (χ0v) is 13.7. The van der Waals surface area contributed by atoms with Gasteiger partial charge in [-0.2, -0.15) is 0 Å². The van der Waals surface area contributed by atoms with E-state index >= 15 is 0 Å². The minimum atomic E-state index is -0.457. The predicted octanol–water partition coefficient (Wildman–Crippen LogP) is 2.07. The van der Waals surface area contributed by atoms with Crippen molar-refractivity contribution in [2.45, 2.75) is 32.0 Å². The van der Waals surface area contributed by atoms with Gasteiger partial charge in [-0.25, -0.2) is 9.78 Å². The van der Waals surface area contributed by atoms with Gasteiger partial charge in [-0.15, -0.1) is 0 Å². The zero-order chi connectivity index (χ0) is 15.6. The Bertz CT molecular complexity index is 799. The number of aryl methyl sites for hydroxylation is 2. The fourth-order valence-electron chi connectivity index (χ4n) is 1.99. The van der Waals surface area contributed by atoms with Gasteiger partial charge in [0.1, 0.15) is 0 Å². The highest BCUT2D eigenvalue weighted by Gasteiger charge is 2.16. The summed E-state index contributed by atoms with van der Waals surface area (Å²) in [5.41, 5.74) is -0.00837. The summed E-state index contributed by atoms with van der Waals surface area (Å²) >= 11 is 7.30. The van der Waals surface area contributed by atoms with Gasteiger partial charge >= 0.3 is 5.69 Å². The number of imidazole rings is 1. The largest absolute Gasteiger partial charge is 0.329 e. The van der Waals surface area contributed by atoms with Gasteiger partial charge in [-0.1, -0.05) is 36.4 Å². The van der Waals surface area contributed by atoms with Crippen molar-refractivity contribution in [2.24, 2.45) is 7.05 Å². The Labute approximate surface area is 130 Å². The van der Waals surface area contributed by atoms with Crippen LogP contribution in [-0.4, -0.2) is 24.9 Å². The number of hydrogen-bond donors (Lipinski definition) is 1. The molecule has 0 saturated carbocycles. The van der Waals surface area contributed by atoms with Crippen LogP contribution < -0.4 is 11.2 Å². The van der Waals surface area contributed by atoms with E-state index in [1.165, 1.54) is 16.3 Å². The van der Waals surface area contributed by atoms with Crippen LogP contribution in [0.4, 0.5) is 0 Å². The van der Waals surface area contributed by atoms with E-state index in [0.29, 0.717) is 33.7 Å². The molecule has 0 aliphatic heterocycles. The van der Waals surface area contributed by atoms with E-state index in [0.717, 1.165) is 6.42 Å². The van der Waals surface area contributed by atoms with E-state index < -0.39 is 11.2 Å². The van der Waals surface area contributed by atoms with Gasteiger partial charge in [-0.05, 0) is 13.3 Å². The summed E-state index contributed by atoms with van der Waals surface area (Å²) in [6.45, 7) is 4.51. The molecule has 0 aliphatic rings. The number of halogens is 1. The lowest BCUT2D eigenvalue weighted by Crippen LogP contribution is -2.29. The minimum Gasteiger partial charge on any atom is -0.313 e. The van der Waals surface area contributed by atoms with Gasteiger partial charge in [0, 0.05) is 24.4 Å². The lowest BCUT2D eigenvalue weighted by atomic mass is 10.4. The van der Waals surface area contributed by atoms with Crippen molar-refractivity contribution in [3.05, 3.63) is 31.9 Å². The highest BCUT2D eigenvalue weighted by molar-refractivity contribution is 7.99. The van der Waals surface area contributed by atoms with Crippen LogP contribution in [0.25, 0.3) is 11.2 Å². The molecular formula is C13H17ClN4O2S. The molecule has 114 valence electrons. The van der Waals surface area contributed by atoms with Crippen LogP contribution >= 0.6 is 23.4 Å². The van der Waals surface area contributed by atoms with Crippen molar-refractivity contribution in [1.82, 2.24) is 19.1 Å². The van der Waals surface area contributed by atoms with E-state index in [1.54, 1.807) is 7.05 Å². The molecule has 8 heteroatoms. The van der Waals surface area contributed by atoms with E-state index in [1.807, 2.05) is 24.5 Å².